The van der Waals surface area contributed by atoms with E-state index in [0.717, 1.165) is 17.3 Å². The van der Waals surface area contributed by atoms with Gasteiger partial charge in [-0.05, 0) is 62.6 Å². The molecule has 0 unspecified atom stereocenters. The second kappa shape index (κ2) is 5.73. The fourth-order valence-electron chi connectivity index (χ4n) is 3.94. The van der Waals surface area contributed by atoms with Crippen molar-refractivity contribution in [1.29, 1.82) is 0 Å². The molecule has 1 saturated carbocycles. The van der Waals surface area contributed by atoms with Crippen LogP contribution in [0.4, 0.5) is 0 Å². The molecule has 0 aromatic heterocycles. The summed E-state index contributed by atoms with van der Waals surface area (Å²) in [6, 6.07) is 0. The van der Waals surface area contributed by atoms with Gasteiger partial charge in [0.25, 0.3) is 0 Å². The van der Waals surface area contributed by atoms with Gasteiger partial charge in [0.05, 0.1) is 0 Å². The van der Waals surface area contributed by atoms with Crippen LogP contribution in [-0.4, -0.2) is 24.5 Å². The van der Waals surface area contributed by atoms with E-state index in [1.54, 1.807) is 12.8 Å². The smallest absolute Gasteiger partial charge is 0.00135 e. The van der Waals surface area contributed by atoms with Gasteiger partial charge in [-0.3, -0.25) is 0 Å². The predicted octanol–water partition coefficient (Wildman–Crippen LogP) is 4.32. The molecule has 0 radical (unpaired) electrons. The largest absolute Gasteiger partial charge is 0.304 e. The molecule has 0 N–H and O–H groups in total. The second-order valence-corrected chi connectivity index (χ2v) is 7.03. The average molecular weight is 237 g/mol. The third kappa shape index (κ3) is 3.47. The van der Waals surface area contributed by atoms with Crippen molar-refractivity contribution in [2.24, 2.45) is 17.3 Å². The van der Waals surface area contributed by atoms with E-state index < -0.39 is 0 Å². The Hall–Kier alpha value is -0.0400. The van der Waals surface area contributed by atoms with Crippen molar-refractivity contribution in [2.75, 3.05) is 19.6 Å². The van der Waals surface area contributed by atoms with E-state index >= 15 is 0 Å². The molecular formula is C16H31N. The summed E-state index contributed by atoms with van der Waals surface area (Å²) in [5.41, 5.74) is 0.800. The molecule has 2 aliphatic rings. The van der Waals surface area contributed by atoms with Crippen LogP contribution in [0.5, 0.6) is 0 Å². The van der Waals surface area contributed by atoms with Crippen molar-refractivity contribution in [3.63, 3.8) is 0 Å². The number of nitrogens with zero attached hydrogens (tertiary/aromatic N) is 1. The molecule has 1 aliphatic heterocycles. The minimum Gasteiger partial charge on any atom is -0.304 e. The van der Waals surface area contributed by atoms with Gasteiger partial charge in [-0.15, -0.1) is 0 Å². The summed E-state index contributed by atoms with van der Waals surface area (Å²) in [5, 5.41) is 0. The van der Waals surface area contributed by atoms with E-state index in [2.05, 4.69) is 25.7 Å². The maximum absolute atomic E-state index is 2.62. The Bertz CT molecular complexity index is 218. The lowest BCUT2D eigenvalue weighted by molar-refractivity contribution is -0.0158. The van der Waals surface area contributed by atoms with Crippen LogP contribution in [0.25, 0.3) is 0 Å². The Morgan fingerprint density at radius 1 is 1.18 bits per heavy atom. The summed E-state index contributed by atoms with van der Waals surface area (Å²) in [7, 11) is 0. The van der Waals surface area contributed by atoms with Crippen LogP contribution in [0.1, 0.15) is 65.7 Å². The van der Waals surface area contributed by atoms with E-state index in [1.807, 2.05) is 0 Å². The van der Waals surface area contributed by atoms with Crippen LogP contribution >= 0.6 is 0 Å². The molecule has 0 aromatic rings. The summed E-state index contributed by atoms with van der Waals surface area (Å²) >= 11 is 0. The summed E-state index contributed by atoms with van der Waals surface area (Å²) in [6.45, 7) is 11.0. The molecule has 1 aliphatic carbocycles. The lowest BCUT2D eigenvalue weighted by Gasteiger charge is -2.52. The van der Waals surface area contributed by atoms with Gasteiger partial charge < -0.3 is 4.90 Å². The van der Waals surface area contributed by atoms with Gasteiger partial charge >= 0.3 is 0 Å². The van der Waals surface area contributed by atoms with Crippen molar-refractivity contribution in [2.45, 2.75) is 65.7 Å². The number of likely N-dealkylation sites (tertiary alicyclic amines) is 1. The molecule has 1 nitrogen and oxygen atoms in total. The molecule has 17 heavy (non-hydrogen) atoms. The first kappa shape index (κ1) is 13.4. The van der Waals surface area contributed by atoms with Crippen molar-refractivity contribution in [3.05, 3.63) is 0 Å². The van der Waals surface area contributed by atoms with Gasteiger partial charge in [-0.1, -0.05) is 40.0 Å². The number of hydrogen-bond acceptors (Lipinski definition) is 1. The molecule has 0 bridgehead atoms. The summed E-state index contributed by atoms with van der Waals surface area (Å²) in [5.74, 6) is 1.98. The van der Waals surface area contributed by atoms with Crippen molar-refractivity contribution in [1.82, 2.24) is 4.90 Å². The van der Waals surface area contributed by atoms with Crippen LogP contribution in [0.2, 0.25) is 0 Å². The van der Waals surface area contributed by atoms with Crippen molar-refractivity contribution < 1.29 is 0 Å². The standard InChI is InChI=1S/C16H31N/c1-4-17-10-8-16(9-11-17)12-15(13-16)7-5-6-14(2)3/h14-15H,4-13H2,1-3H3. The van der Waals surface area contributed by atoms with Gasteiger partial charge in [0.15, 0.2) is 0 Å². The maximum Gasteiger partial charge on any atom is -0.00135 e. The van der Waals surface area contributed by atoms with Crippen molar-refractivity contribution >= 4 is 0 Å². The van der Waals surface area contributed by atoms with Crippen molar-refractivity contribution in [3.8, 4) is 0 Å². The Labute approximate surface area is 108 Å². The molecule has 1 saturated heterocycles. The van der Waals surface area contributed by atoms with Crippen LogP contribution in [0.3, 0.4) is 0 Å². The van der Waals surface area contributed by atoms with Gasteiger partial charge in [0, 0.05) is 0 Å². The molecule has 2 rings (SSSR count). The first-order valence-corrected chi connectivity index (χ1v) is 7.86. The zero-order valence-electron chi connectivity index (χ0n) is 12.2. The summed E-state index contributed by atoms with van der Waals surface area (Å²) in [4.78, 5) is 2.62. The molecule has 0 aromatic carbocycles. The second-order valence-electron chi connectivity index (χ2n) is 7.03. The Morgan fingerprint density at radius 3 is 2.35 bits per heavy atom. The van der Waals surface area contributed by atoms with Gasteiger partial charge in [-0.2, -0.15) is 0 Å². The SMILES string of the molecule is CCN1CCC2(CC1)CC(CCCC(C)C)C2. The number of piperidine rings is 1. The predicted molar refractivity (Wildman–Crippen MR) is 75.2 cm³/mol. The molecule has 1 spiro atoms. The lowest BCUT2D eigenvalue weighted by Crippen LogP contribution is -2.46. The topological polar surface area (TPSA) is 3.24 Å². The summed E-state index contributed by atoms with van der Waals surface area (Å²) < 4.78 is 0. The molecule has 1 heteroatoms. The highest BCUT2D eigenvalue weighted by atomic mass is 15.1. The van der Waals surface area contributed by atoms with Crippen LogP contribution in [0, 0.1) is 17.3 Å². The third-order valence-electron chi connectivity index (χ3n) is 5.20. The third-order valence-corrected chi connectivity index (χ3v) is 5.20. The molecule has 100 valence electrons. The summed E-state index contributed by atoms with van der Waals surface area (Å²) in [6.07, 6.45) is 10.5. The van der Waals surface area contributed by atoms with Crippen LogP contribution in [-0.2, 0) is 0 Å². The first-order valence-electron chi connectivity index (χ1n) is 7.86. The lowest BCUT2D eigenvalue weighted by atomic mass is 9.56. The molecule has 0 amide bonds. The van der Waals surface area contributed by atoms with E-state index in [1.165, 1.54) is 51.7 Å². The first-order chi connectivity index (χ1) is 8.13. The highest BCUT2D eigenvalue weighted by Gasteiger charge is 2.44. The van der Waals surface area contributed by atoms with E-state index in [9.17, 15) is 0 Å². The quantitative estimate of drug-likeness (QED) is 0.688. The van der Waals surface area contributed by atoms with E-state index in [-0.39, 0.29) is 0 Å². The number of rotatable bonds is 5. The van der Waals surface area contributed by atoms with Gasteiger partial charge in [0.2, 0.25) is 0 Å². The average Bonchev–Trinajstić information content (AvgIpc) is 2.27. The zero-order valence-corrected chi connectivity index (χ0v) is 12.2. The van der Waals surface area contributed by atoms with E-state index in [4.69, 9.17) is 0 Å². The van der Waals surface area contributed by atoms with Gasteiger partial charge in [0.1, 0.15) is 0 Å². The van der Waals surface area contributed by atoms with E-state index in [0.29, 0.717) is 0 Å². The Balaban J connectivity index is 1.61. The number of hydrogen-bond donors (Lipinski definition) is 0. The monoisotopic (exact) mass is 237 g/mol. The van der Waals surface area contributed by atoms with Crippen LogP contribution < -0.4 is 0 Å². The fourth-order valence-corrected chi connectivity index (χ4v) is 3.94. The van der Waals surface area contributed by atoms with Crippen LogP contribution in [0.15, 0.2) is 0 Å². The zero-order chi connectivity index (χ0) is 12.3. The minimum absolute atomic E-state index is 0.800. The highest BCUT2D eigenvalue weighted by Crippen LogP contribution is 2.54. The molecule has 0 atom stereocenters. The highest BCUT2D eigenvalue weighted by molar-refractivity contribution is 4.96. The molecule has 1 heterocycles. The Kier molecular flexibility index (Phi) is 4.52. The van der Waals surface area contributed by atoms with Gasteiger partial charge in [-0.25, -0.2) is 0 Å². The normalized spacial score (nSPS) is 25.4. The molecule has 2 fully saturated rings. The minimum atomic E-state index is 0.800. The molecular weight excluding hydrogens is 206 g/mol. The maximum atomic E-state index is 2.62. The Morgan fingerprint density at radius 2 is 1.82 bits per heavy atom. The fraction of sp³-hybridized carbons (Fsp3) is 1.00.